The zero-order valence-corrected chi connectivity index (χ0v) is 11.6. The van der Waals surface area contributed by atoms with Gasteiger partial charge in [-0.3, -0.25) is 9.59 Å². The fourth-order valence-corrected chi connectivity index (χ4v) is 3.26. The first-order valence-electron chi connectivity index (χ1n) is 6.47. The van der Waals surface area contributed by atoms with E-state index in [1.165, 1.54) is 11.3 Å². The SMILES string of the molecule is NC(=O)CN(C(=O)C(N)c1cccs1)C1CCCC1. The maximum absolute atomic E-state index is 12.5. The number of nitrogens with two attached hydrogens (primary N) is 2. The van der Waals surface area contributed by atoms with Crippen molar-refractivity contribution < 1.29 is 9.59 Å². The van der Waals surface area contributed by atoms with E-state index < -0.39 is 11.9 Å². The Morgan fingerprint density at radius 1 is 1.42 bits per heavy atom. The quantitative estimate of drug-likeness (QED) is 0.844. The molecule has 1 heterocycles. The van der Waals surface area contributed by atoms with Crippen molar-refractivity contribution in [1.29, 1.82) is 0 Å². The predicted molar refractivity (Wildman–Crippen MR) is 74.4 cm³/mol. The molecule has 1 aromatic rings. The Hall–Kier alpha value is -1.40. The van der Waals surface area contributed by atoms with Crippen LogP contribution < -0.4 is 11.5 Å². The molecule has 0 spiro atoms. The first-order chi connectivity index (χ1) is 9.09. The summed E-state index contributed by atoms with van der Waals surface area (Å²) in [6, 6.07) is 3.11. The minimum absolute atomic E-state index is 0.0391. The van der Waals surface area contributed by atoms with Crippen LogP contribution in [-0.2, 0) is 9.59 Å². The van der Waals surface area contributed by atoms with Crippen LogP contribution in [-0.4, -0.2) is 29.3 Å². The van der Waals surface area contributed by atoms with E-state index in [9.17, 15) is 9.59 Å². The summed E-state index contributed by atoms with van der Waals surface area (Å²) in [5.41, 5.74) is 11.2. The smallest absolute Gasteiger partial charge is 0.245 e. The van der Waals surface area contributed by atoms with Crippen molar-refractivity contribution in [1.82, 2.24) is 4.90 Å². The van der Waals surface area contributed by atoms with E-state index in [-0.39, 0.29) is 18.5 Å². The number of nitrogens with zero attached hydrogens (tertiary/aromatic N) is 1. The zero-order valence-electron chi connectivity index (χ0n) is 10.7. The molecule has 1 aliphatic rings. The summed E-state index contributed by atoms with van der Waals surface area (Å²) in [4.78, 5) is 26.0. The summed E-state index contributed by atoms with van der Waals surface area (Å²) in [6.45, 7) is -0.0391. The van der Waals surface area contributed by atoms with Gasteiger partial charge in [-0.2, -0.15) is 0 Å². The molecule has 0 radical (unpaired) electrons. The van der Waals surface area contributed by atoms with E-state index in [0.29, 0.717) is 0 Å². The molecule has 1 aromatic heterocycles. The highest BCUT2D eigenvalue weighted by molar-refractivity contribution is 7.10. The highest BCUT2D eigenvalue weighted by Crippen LogP contribution is 2.26. The van der Waals surface area contributed by atoms with Gasteiger partial charge in [-0.15, -0.1) is 11.3 Å². The molecule has 0 aliphatic heterocycles. The predicted octanol–water partition coefficient (Wildman–Crippen LogP) is 1.00. The minimum Gasteiger partial charge on any atom is -0.368 e. The standard InChI is InChI=1S/C13H19N3O2S/c14-11(17)8-16(9-4-1-2-5-9)13(18)12(15)10-6-3-7-19-10/h3,6-7,9,12H,1-2,4-5,8,15H2,(H2,14,17). The molecule has 5 nitrogen and oxygen atoms in total. The van der Waals surface area contributed by atoms with Gasteiger partial charge < -0.3 is 16.4 Å². The van der Waals surface area contributed by atoms with Gasteiger partial charge in [-0.1, -0.05) is 18.9 Å². The molecule has 2 amide bonds. The second kappa shape index (κ2) is 6.16. The molecular formula is C13H19N3O2S. The molecule has 1 unspecified atom stereocenters. The van der Waals surface area contributed by atoms with E-state index in [1.807, 2.05) is 17.5 Å². The van der Waals surface area contributed by atoms with Gasteiger partial charge in [0.2, 0.25) is 11.8 Å². The Bertz CT molecular complexity index is 441. The summed E-state index contributed by atoms with van der Waals surface area (Å²) < 4.78 is 0. The number of thiophene rings is 1. The van der Waals surface area contributed by atoms with E-state index in [1.54, 1.807) is 4.90 Å². The number of amides is 2. The lowest BCUT2D eigenvalue weighted by molar-refractivity contribution is -0.138. The van der Waals surface area contributed by atoms with Crippen LogP contribution in [0.4, 0.5) is 0 Å². The van der Waals surface area contributed by atoms with Gasteiger partial charge in [-0.25, -0.2) is 0 Å². The Morgan fingerprint density at radius 3 is 2.63 bits per heavy atom. The van der Waals surface area contributed by atoms with Crippen LogP contribution >= 0.6 is 11.3 Å². The summed E-state index contributed by atoms with van der Waals surface area (Å²) in [5.74, 6) is -0.688. The van der Waals surface area contributed by atoms with Crippen molar-refractivity contribution in [3.05, 3.63) is 22.4 Å². The normalized spacial score (nSPS) is 17.3. The average Bonchev–Trinajstić information content (AvgIpc) is 3.05. The van der Waals surface area contributed by atoms with Gasteiger partial charge >= 0.3 is 0 Å². The Kier molecular flexibility index (Phi) is 4.55. The summed E-state index contributed by atoms with van der Waals surface area (Å²) in [7, 11) is 0. The summed E-state index contributed by atoms with van der Waals surface area (Å²) in [6.07, 6.45) is 4.02. The molecule has 0 bridgehead atoms. The van der Waals surface area contributed by atoms with Crippen molar-refractivity contribution in [2.75, 3.05) is 6.54 Å². The second-order valence-corrected chi connectivity index (χ2v) is 5.84. The molecule has 1 aliphatic carbocycles. The Labute approximate surface area is 116 Å². The van der Waals surface area contributed by atoms with Crippen molar-refractivity contribution in [2.24, 2.45) is 11.5 Å². The fraction of sp³-hybridized carbons (Fsp3) is 0.538. The highest BCUT2D eigenvalue weighted by atomic mass is 32.1. The Morgan fingerprint density at radius 2 is 2.11 bits per heavy atom. The molecule has 1 fully saturated rings. The molecule has 1 saturated carbocycles. The molecule has 6 heteroatoms. The third-order valence-corrected chi connectivity index (χ3v) is 4.45. The molecule has 4 N–H and O–H groups in total. The van der Waals surface area contributed by atoms with Gasteiger partial charge in [-0.05, 0) is 24.3 Å². The largest absolute Gasteiger partial charge is 0.368 e. The third kappa shape index (κ3) is 3.33. The third-order valence-electron chi connectivity index (χ3n) is 3.49. The van der Waals surface area contributed by atoms with Crippen molar-refractivity contribution in [2.45, 2.75) is 37.8 Å². The lowest BCUT2D eigenvalue weighted by Crippen LogP contribution is -2.47. The van der Waals surface area contributed by atoms with Gasteiger partial charge in [0, 0.05) is 10.9 Å². The maximum Gasteiger partial charge on any atom is 0.245 e. The number of primary amides is 1. The lowest BCUT2D eigenvalue weighted by atomic mass is 10.1. The highest BCUT2D eigenvalue weighted by Gasteiger charge is 2.31. The van der Waals surface area contributed by atoms with E-state index in [2.05, 4.69) is 0 Å². The van der Waals surface area contributed by atoms with Gasteiger partial charge in [0.25, 0.3) is 0 Å². The van der Waals surface area contributed by atoms with Crippen LogP contribution in [0.15, 0.2) is 17.5 Å². The number of carbonyl (C=O) groups is 2. The summed E-state index contributed by atoms with van der Waals surface area (Å²) >= 11 is 1.45. The minimum atomic E-state index is -0.694. The van der Waals surface area contributed by atoms with Gasteiger partial charge in [0.15, 0.2) is 0 Å². The van der Waals surface area contributed by atoms with Crippen LogP contribution in [0, 0.1) is 0 Å². The first-order valence-corrected chi connectivity index (χ1v) is 7.35. The van der Waals surface area contributed by atoms with E-state index >= 15 is 0 Å². The monoisotopic (exact) mass is 281 g/mol. The van der Waals surface area contributed by atoms with Gasteiger partial charge in [0.05, 0.1) is 6.54 Å². The molecule has 0 aromatic carbocycles. The molecule has 0 saturated heterocycles. The average molecular weight is 281 g/mol. The van der Waals surface area contributed by atoms with E-state index in [4.69, 9.17) is 11.5 Å². The van der Waals surface area contributed by atoms with Gasteiger partial charge in [0.1, 0.15) is 6.04 Å². The molecular weight excluding hydrogens is 262 g/mol. The first kappa shape index (κ1) is 14.0. The molecule has 104 valence electrons. The number of carbonyl (C=O) groups excluding carboxylic acids is 2. The lowest BCUT2D eigenvalue weighted by Gasteiger charge is -2.29. The molecule has 1 atom stereocenters. The molecule has 2 rings (SSSR count). The second-order valence-electron chi connectivity index (χ2n) is 4.86. The van der Waals surface area contributed by atoms with Crippen LogP contribution in [0.1, 0.15) is 36.6 Å². The van der Waals surface area contributed by atoms with Crippen LogP contribution in [0.5, 0.6) is 0 Å². The topological polar surface area (TPSA) is 89.4 Å². The van der Waals surface area contributed by atoms with Crippen LogP contribution in [0.3, 0.4) is 0 Å². The number of hydrogen-bond donors (Lipinski definition) is 2. The van der Waals surface area contributed by atoms with Crippen molar-refractivity contribution in [3.8, 4) is 0 Å². The van der Waals surface area contributed by atoms with Crippen molar-refractivity contribution in [3.63, 3.8) is 0 Å². The summed E-state index contributed by atoms with van der Waals surface area (Å²) in [5, 5.41) is 1.89. The maximum atomic E-state index is 12.5. The fourth-order valence-electron chi connectivity index (χ4n) is 2.54. The number of hydrogen-bond acceptors (Lipinski definition) is 4. The Balaban J connectivity index is 2.12. The van der Waals surface area contributed by atoms with Crippen LogP contribution in [0.25, 0.3) is 0 Å². The zero-order chi connectivity index (χ0) is 13.8. The van der Waals surface area contributed by atoms with E-state index in [0.717, 1.165) is 30.6 Å². The van der Waals surface area contributed by atoms with Crippen molar-refractivity contribution >= 4 is 23.2 Å². The molecule has 19 heavy (non-hydrogen) atoms. The number of rotatable bonds is 5. The van der Waals surface area contributed by atoms with Crippen LogP contribution in [0.2, 0.25) is 0 Å².